The number of aromatic nitrogens is 1. The van der Waals surface area contributed by atoms with Gasteiger partial charge in [0.2, 0.25) is 11.8 Å². The van der Waals surface area contributed by atoms with Gasteiger partial charge in [0.1, 0.15) is 6.04 Å². The first-order valence-corrected chi connectivity index (χ1v) is 13.4. The number of carboxylic acids is 1. The van der Waals surface area contributed by atoms with Gasteiger partial charge in [-0.2, -0.15) is 0 Å². The van der Waals surface area contributed by atoms with Crippen molar-refractivity contribution in [3.05, 3.63) is 88.2 Å². The van der Waals surface area contributed by atoms with Crippen LogP contribution in [0.3, 0.4) is 0 Å². The van der Waals surface area contributed by atoms with E-state index in [1.165, 1.54) is 17.0 Å². The zero-order chi connectivity index (χ0) is 28.2. The molecule has 1 saturated heterocycles. The Bertz CT molecular complexity index is 1460. The molecular weight excluding hydrogens is 534 g/mol. The van der Waals surface area contributed by atoms with Crippen molar-refractivity contribution in [1.29, 1.82) is 0 Å². The topological polar surface area (TPSA) is 132 Å². The first-order valence-electron chi connectivity index (χ1n) is 13.0. The summed E-state index contributed by atoms with van der Waals surface area (Å²) in [6.07, 6.45) is 3.82. The molecule has 40 heavy (non-hydrogen) atoms. The fraction of sp³-hybridized carbons (Fsp3) is 0.276. The van der Waals surface area contributed by atoms with Gasteiger partial charge in [-0.05, 0) is 74.0 Å². The van der Waals surface area contributed by atoms with E-state index in [1.54, 1.807) is 48.7 Å². The maximum absolute atomic E-state index is 13.8. The van der Waals surface area contributed by atoms with Gasteiger partial charge >= 0.3 is 5.97 Å². The number of carbonyl (C=O) groups is 4. The van der Waals surface area contributed by atoms with E-state index in [0.29, 0.717) is 22.0 Å². The predicted molar refractivity (Wildman–Crippen MR) is 149 cm³/mol. The molecule has 2 aliphatic heterocycles. The van der Waals surface area contributed by atoms with E-state index in [-0.39, 0.29) is 42.2 Å². The maximum Gasteiger partial charge on any atom is 0.337 e. The van der Waals surface area contributed by atoms with Gasteiger partial charge in [0.15, 0.2) is 0 Å². The van der Waals surface area contributed by atoms with Crippen molar-refractivity contribution in [2.45, 2.75) is 31.8 Å². The summed E-state index contributed by atoms with van der Waals surface area (Å²) >= 11 is 6.14. The minimum absolute atomic E-state index is 0.0132. The molecule has 3 heterocycles. The van der Waals surface area contributed by atoms with E-state index >= 15 is 0 Å². The number of benzene rings is 2. The van der Waals surface area contributed by atoms with E-state index in [4.69, 9.17) is 11.6 Å². The van der Waals surface area contributed by atoms with Crippen LogP contribution in [0, 0.1) is 0 Å². The standard InChI is InChI=1S/C29H28ClN5O5/c30-19-7-9-21-24(14-19)33-27(37)25(15-20-5-1-2-10-31-20)35(28(21)38)16-18-6-8-22(29(39)40)23(13-18)32-26(36)17-34-11-3-4-12-34/h1-2,5-10,13-14,25H,3-4,11-12,15-17H2,(H,32,36)(H,33,37)(H,39,40). The van der Waals surface area contributed by atoms with Gasteiger partial charge in [-0.15, -0.1) is 0 Å². The summed E-state index contributed by atoms with van der Waals surface area (Å²) in [7, 11) is 0. The zero-order valence-corrected chi connectivity index (χ0v) is 22.4. The molecule has 3 aromatic rings. The molecule has 206 valence electrons. The lowest BCUT2D eigenvalue weighted by atomic mass is 10.0. The molecule has 0 radical (unpaired) electrons. The molecule has 5 rings (SSSR count). The van der Waals surface area contributed by atoms with Crippen molar-refractivity contribution >= 4 is 46.7 Å². The van der Waals surface area contributed by atoms with Gasteiger partial charge in [-0.25, -0.2) is 4.79 Å². The molecule has 11 heteroatoms. The van der Waals surface area contributed by atoms with Gasteiger partial charge in [-0.1, -0.05) is 23.7 Å². The Labute approximate surface area is 235 Å². The molecule has 3 amide bonds. The highest BCUT2D eigenvalue weighted by Crippen LogP contribution is 2.29. The second kappa shape index (κ2) is 11.8. The second-order valence-electron chi connectivity index (χ2n) is 9.87. The van der Waals surface area contributed by atoms with Gasteiger partial charge in [0.05, 0.1) is 29.0 Å². The van der Waals surface area contributed by atoms with Crippen molar-refractivity contribution in [3.8, 4) is 0 Å². The lowest BCUT2D eigenvalue weighted by Gasteiger charge is -2.29. The van der Waals surface area contributed by atoms with E-state index in [1.807, 2.05) is 4.90 Å². The number of carbonyl (C=O) groups excluding carboxylic acids is 3. The van der Waals surface area contributed by atoms with Crippen LogP contribution in [0.2, 0.25) is 5.02 Å². The van der Waals surface area contributed by atoms with Crippen LogP contribution in [-0.2, 0) is 22.6 Å². The van der Waals surface area contributed by atoms with Crippen molar-refractivity contribution in [2.24, 2.45) is 0 Å². The summed E-state index contributed by atoms with van der Waals surface area (Å²) in [4.78, 5) is 59.7. The summed E-state index contributed by atoms with van der Waals surface area (Å²) in [5.74, 6) is -2.30. The molecule has 3 N–H and O–H groups in total. The first kappa shape index (κ1) is 27.3. The molecule has 2 aliphatic rings. The summed E-state index contributed by atoms with van der Waals surface area (Å²) in [5, 5.41) is 15.7. The fourth-order valence-electron chi connectivity index (χ4n) is 5.07. The van der Waals surface area contributed by atoms with Gasteiger partial charge in [0, 0.05) is 29.9 Å². The highest BCUT2D eigenvalue weighted by Gasteiger charge is 2.36. The summed E-state index contributed by atoms with van der Waals surface area (Å²) < 4.78 is 0. The molecule has 0 saturated carbocycles. The third kappa shape index (κ3) is 6.13. The molecule has 2 aromatic carbocycles. The Balaban J connectivity index is 1.47. The van der Waals surface area contributed by atoms with Crippen molar-refractivity contribution in [3.63, 3.8) is 0 Å². The highest BCUT2D eigenvalue weighted by atomic mass is 35.5. The first-order chi connectivity index (χ1) is 19.3. The Morgan fingerprint density at radius 1 is 1.07 bits per heavy atom. The van der Waals surface area contributed by atoms with Gasteiger partial charge < -0.3 is 20.6 Å². The molecule has 10 nitrogen and oxygen atoms in total. The molecule has 1 fully saturated rings. The number of aromatic carboxylic acids is 1. The van der Waals surface area contributed by atoms with Crippen molar-refractivity contribution < 1.29 is 24.3 Å². The third-order valence-electron chi connectivity index (χ3n) is 7.05. The smallest absolute Gasteiger partial charge is 0.337 e. The number of carboxylic acid groups (broad SMARTS) is 1. The highest BCUT2D eigenvalue weighted by molar-refractivity contribution is 6.31. The summed E-state index contributed by atoms with van der Waals surface area (Å²) in [5.41, 5.74) is 1.83. The van der Waals surface area contributed by atoms with Crippen LogP contribution >= 0.6 is 11.6 Å². The number of halogens is 1. The average molecular weight is 562 g/mol. The Morgan fingerprint density at radius 2 is 1.88 bits per heavy atom. The molecule has 0 spiro atoms. The zero-order valence-electron chi connectivity index (χ0n) is 21.6. The number of hydrogen-bond acceptors (Lipinski definition) is 6. The molecular formula is C29H28ClN5O5. The van der Waals surface area contributed by atoms with Crippen LogP contribution in [0.4, 0.5) is 11.4 Å². The summed E-state index contributed by atoms with van der Waals surface area (Å²) in [6, 6.07) is 13.6. The Kier molecular flexibility index (Phi) is 8.09. The van der Waals surface area contributed by atoms with Crippen LogP contribution < -0.4 is 10.6 Å². The molecule has 1 unspecified atom stereocenters. The van der Waals surface area contributed by atoms with E-state index in [9.17, 15) is 24.3 Å². The number of anilines is 2. The quantitative estimate of drug-likeness (QED) is 0.382. The van der Waals surface area contributed by atoms with Crippen molar-refractivity contribution in [1.82, 2.24) is 14.8 Å². The minimum atomic E-state index is -1.19. The largest absolute Gasteiger partial charge is 0.478 e. The van der Waals surface area contributed by atoms with Gasteiger partial charge in [0.25, 0.3) is 5.91 Å². The normalized spacial score (nSPS) is 17.2. The Morgan fingerprint density at radius 3 is 2.60 bits per heavy atom. The van der Waals surface area contributed by atoms with Crippen LogP contribution in [0.25, 0.3) is 0 Å². The number of likely N-dealkylation sites (tertiary alicyclic amines) is 1. The number of pyridine rings is 1. The predicted octanol–water partition coefficient (Wildman–Crippen LogP) is 3.67. The van der Waals surface area contributed by atoms with Gasteiger partial charge in [-0.3, -0.25) is 24.3 Å². The fourth-order valence-corrected chi connectivity index (χ4v) is 5.24. The minimum Gasteiger partial charge on any atom is -0.478 e. The number of nitrogens with one attached hydrogen (secondary N) is 2. The molecule has 1 atom stereocenters. The van der Waals surface area contributed by atoms with E-state index in [2.05, 4.69) is 15.6 Å². The number of nitrogens with zero attached hydrogens (tertiary/aromatic N) is 3. The molecule has 0 bridgehead atoms. The monoisotopic (exact) mass is 561 g/mol. The van der Waals surface area contributed by atoms with Crippen LogP contribution in [0.15, 0.2) is 60.8 Å². The SMILES string of the molecule is O=C(CN1CCCC1)Nc1cc(CN2C(=O)c3ccc(Cl)cc3NC(=O)C2Cc2ccccn2)ccc1C(=O)O. The maximum atomic E-state index is 13.8. The Hall–Kier alpha value is -4.28. The molecule has 0 aliphatic carbocycles. The van der Waals surface area contributed by atoms with E-state index in [0.717, 1.165) is 25.9 Å². The second-order valence-corrected chi connectivity index (χ2v) is 10.3. The van der Waals surface area contributed by atoms with Crippen LogP contribution in [0.1, 0.15) is 44.8 Å². The van der Waals surface area contributed by atoms with Crippen LogP contribution in [-0.4, -0.2) is 69.3 Å². The molecule has 1 aromatic heterocycles. The third-order valence-corrected chi connectivity index (χ3v) is 7.28. The number of rotatable bonds is 8. The van der Waals surface area contributed by atoms with Crippen LogP contribution in [0.5, 0.6) is 0 Å². The lowest BCUT2D eigenvalue weighted by Crippen LogP contribution is -2.46. The number of fused-ring (bicyclic) bond motifs is 1. The average Bonchev–Trinajstić information content (AvgIpc) is 3.41. The van der Waals surface area contributed by atoms with E-state index < -0.39 is 23.8 Å². The number of hydrogen-bond donors (Lipinski definition) is 3. The number of amides is 3. The lowest BCUT2D eigenvalue weighted by molar-refractivity contribution is -0.120. The van der Waals surface area contributed by atoms with Crippen molar-refractivity contribution in [2.75, 3.05) is 30.3 Å². The summed E-state index contributed by atoms with van der Waals surface area (Å²) in [6.45, 7) is 1.80.